The van der Waals surface area contributed by atoms with Crippen LogP contribution < -0.4 is 10.3 Å². The maximum absolute atomic E-state index is 12.6. The van der Waals surface area contributed by atoms with E-state index in [0.29, 0.717) is 5.56 Å². The third-order valence-corrected chi connectivity index (χ3v) is 4.15. The molecule has 6 heteroatoms. The van der Waals surface area contributed by atoms with Crippen LogP contribution in [0.5, 0.6) is 5.75 Å². The quantitative estimate of drug-likeness (QED) is 0.690. The van der Waals surface area contributed by atoms with E-state index in [-0.39, 0.29) is 5.56 Å². The lowest BCUT2D eigenvalue weighted by molar-refractivity contribution is 0.415. The maximum atomic E-state index is 12.6. The van der Waals surface area contributed by atoms with Crippen LogP contribution in [0.4, 0.5) is 5.69 Å². The van der Waals surface area contributed by atoms with Gasteiger partial charge in [-0.25, -0.2) is 4.68 Å². The molecule has 0 spiro atoms. The summed E-state index contributed by atoms with van der Waals surface area (Å²) in [5.74, 6) is 0.768. The molecule has 0 amide bonds. The van der Waals surface area contributed by atoms with Gasteiger partial charge in [-0.15, -0.1) is 0 Å². The Balaban J connectivity index is 1.92. The largest absolute Gasteiger partial charge is 0.497 e. The lowest BCUT2D eigenvalue weighted by atomic mass is 10.2. The molecule has 0 saturated heterocycles. The van der Waals surface area contributed by atoms with Crippen molar-refractivity contribution >= 4 is 27.8 Å². The third kappa shape index (κ3) is 3.33. The summed E-state index contributed by atoms with van der Waals surface area (Å²) in [6.45, 7) is 1.85. The Kier molecular flexibility index (Phi) is 4.66. The molecule has 1 N–H and O–H groups in total. The molecule has 24 heavy (non-hydrogen) atoms. The molecule has 0 atom stereocenters. The van der Waals surface area contributed by atoms with Crippen molar-refractivity contribution in [1.82, 2.24) is 9.78 Å². The second-order valence-electron chi connectivity index (χ2n) is 5.22. The summed E-state index contributed by atoms with van der Waals surface area (Å²) < 4.78 is 7.59. The Morgan fingerprint density at radius 2 is 1.79 bits per heavy atom. The maximum Gasteiger partial charge on any atom is 0.280 e. The first kappa shape index (κ1) is 16.3. The number of halogens is 1. The van der Waals surface area contributed by atoms with Gasteiger partial charge in [0, 0.05) is 16.4 Å². The molecule has 1 aromatic heterocycles. The van der Waals surface area contributed by atoms with Crippen LogP contribution in [-0.4, -0.2) is 23.1 Å². The van der Waals surface area contributed by atoms with Gasteiger partial charge in [0.2, 0.25) is 0 Å². The smallest absolute Gasteiger partial charge is 0.280 e. The van der Waals surface area contributed by atoms with Crippen LogP contribution in [0.15, 0.2) is 62.8 Å². The number of methoxy groups -OCH3 is 1. The molecule has 3 aromatic rings. The molecule has 0 aliphatic carbocycles. The Hall–Kier alpha value is -2.60. The molecule has 3 rings (SSSR count). The van der Waals surface area contributed by atoms with Crippen molar-refractivity contribution in [1.29, 1.82) is 0 Å². The topological polar surface area (TPSA) is 59.4 Å². The highest BCUT2D eigenvalue weighted by atomic mass is 79.9. The number of aromatic amines is 1. The third-order valence-electron chi connectivity index (χ3n) is 3.62. The summed E-state index contributed by atoms with van der Waals surface area (Å²) in [6, 6.07) is 14.9. The van der Waals surface area contributed by atoms with E-state index in [1.165, 1.54) is 4.68 Å². The monoisotopic (exact) mass is 385 g/mol. The lowest BCUT2D eigenvalue weighted by Crippen LogP contribution is -2.17. The van der Waals surface area contributed by atoms with Gasteiger partial charge in [-0.05, 0) is 55.5 Å². The van der Waals surface area contributed by atoms with E-state index >= 15 is 0 Å². The second kappa shape index (κ2) is 6.88. The number of hydrogen-bond acceptors (Lipinski definition) is 3. The summed E-state index contributed by atoms with van der Waals surface area (Å²) in [5, 5.41) is 3.08. The van der Waals surface area contributed by atoms with E-state index in [1.807, 2.05) is 55.5 Å². The number of nitrogens with zero attached hydrogens (tertiary/aromatic N) is 2. The lowest BCUT2D eigenvalue weighted by Gasteiger charge is -2.00. The molecule has 0 aliphatic rings. The van der Waals surface area contributed by atoms with Crippen LogP contribution in [0, 0.1) is 6.92 Å². The molecule has 0 unspecified atom stereocenters. The van der Waals surface area contributed by atoms with Crippen molar-refractivity contribution in [2.24, 2.45) is 4.99 Å². The van der Waals surface area contributed by atoms with Gasteiger partial charge < -0.3 is 4.74 Å². The Morgan fingerprint density at radius 1 is 1.12 bits per heavy atom. The average Bonchev–Trinajstić information content (AvgIpc) is 2.88. The molecule has 122 valence electrons. The van der Waals surface area contributed by atoms with Crippen molar-refractivity contribution in [3.05, 3.63) is 74.6 Å². The summed E-state index contributed by atoms with van der Waals surface area (Å²) in [6.07, 6.45) is 1.59. The first-order chi connectivity index (χ1) is 11.6. The molecular formula is C18H16BrN3O2. The molecular weight excluding hydrogens is 370 g/mol. The zero-order chi connectivity index (χ0) is 17.1. The van der Waals surface area contributed by atoms with Gasteiger partial charge in [-0.3, -0.25) is 14.9 Å². The number of rotatable bonds is 4. The summed E-state index contributed by atoms with van der Waals surface area (Å²) in [5.41, 5.74) is 2.70. The second-order valence-corrected chi connectivity index (χ2v) is 6.14. The van der Waals surface area contributed by atoms with Gasteiger partial charge in [0.1, 0.15) is 5.75 Å². The standard InChI is InChI=1S/C18H16BrN3O2/c1-12-17(11-20-14-5-9-16(24-2)10-6-14)18(23)22(21-12)15-7-3-13(19)4-8-15/h3-11,21H,1-2H3. The molecule has 0 aliphatic heterocycles. The zero-order valence-electron chi connectivity index (χ0n) is 13.3. The number of benzene rings is 2. The van der Waals surface area contributed by atoms with Crippen LogP contribution in [0.1, 0.15) is 11.3 Å². The van der Waals surface area contributed by atoms with E-state index < -0.39 is 0 Å². The fraction of sp³-hybridized carbons (Fsp3) is 0.111. The minimum atomic E-state index is -0.132. The number of aryl methyl sites for hydroxylation is 1. The normalized spacial score (nSPS) is 11.1. The molecule has 0 fully saturated rings. The molecule has 0 saturated carbocycles. The minimum Gasteiger partial charge on any atom is -0.497 e. The fourth-order valence-corrected chi connectivity index (χ4v) is 2.56. The molecule has 0 radical (unpaired) electrons. The van der Waals surface area contributed by atoms with E-state index in [1.54, 1.807) is 13.3 Å². The Bertz CT molecular complexity index is 922. The molecule has 2 aromatic carbocycles. The van der Waals surface area contributed by atoms with Crippen LogP contribution in [0.2, 0.25) is 0 Å². The number of H-pyrrole nitrogens is 1. The number of aliphatic imine (C=N–C) groups is 1. The van der Waals surface area contributed by atoms with Crippen LogP contribution >= 0.6 is 15.9 Å². The first-order valence-electron chi connectivity index (χ1n) is 7.34. The van der Waals surface area contributed by atoms with Crippen molar-refractivity contribution in [3.63, 3.8) is 0 Å². The Morgan fingerprint density at radius 3 is 2.42 bits per heavy atom. The number of hydrogen-bond donors (Lipinski definition) is 1. The first-order valence-corrected chi connectivity index (χ1v) is 8.13. The predicted molar refractivity (Wildman–Crippen MR) is 99.1 cm³/mol. The SMILES string of the molecule is COc1ccc(N=Cc2c(C)[nH]n(-c3ccc(Br)cc3)c2=O)cc1. The van der Waals surface area contributed by atoms with Crippen molar-refractivity contribution in [2.45, 2.75) is 6.92 Å². The van der Waals surface area contributed by atoms with Crippen molar-refractivity contribution in [2.75, 3.05) is 7.11 Å². The summed E-state index contributed by atoms with van der Waals surface area (Å²) in [4.78, 5) is 17.0. The highest BCUT2D eigenvalue weighted by Gasteiger charge is 2.10. The van der Waals surface area contributed by atoms with Gasteiger partial charge in [-0.1, -0.05) is 15.9 Å². The van der Waals surface area contributed by atoms with Crippen molar-refractivity contribution in [3.8, 4) is 11.4 Å². The van der Waals surface area contributed by atoms with Gasteiger partial charge in [0.05, 0.1) is 24.0 Å². The highest BCUT2D eigenvalue weighted by molar-refractivity contribution is 9.10. The van der Waals surface area contributed by atoms with Crippen molar-refractivity contribution < 1.29 is 4.74 Å². The fourth-order valence-electron chi connectivity index (χ4n) is 2.29. The van der Waals surface area contributed by atoms with Gasteiger partial charge in [0.25, 0.3) is 5.56 Å². The van der Waals surface area contributed by atoms with Gasteiger partial charge >= 0.3 is 0 Å². The van der Waals surface area contributed by atoms with Crippen LogP contribution in [-0.2, 0) is 0 Å². The summed E-state index contributed by atoms with van der Waals surface area (Å²) in [7, 11) is 1.62. The molecule has 5 nitrogen and oxygen atoms in total. The molecule has 1 heterocycles. The van der Waals surface area contributed by atoms with Gasteiger partial charge in [0.15, 0.2) is 0 Å². The van der Waals surface area contributed by atoms with E-state index in [4.69, 9.17) is 4.74 Å². The molecule has 0 bridgehead atoms. The number of nitrogens with one attached hydrogen (secondary N) is 1. The number of aromatic nitrogens is 2. The average molecular weight is 386 g/mol. The highest BCUT2D eigenvalue weighted by Crippen LogP contribution is 2.18. The van der Waals surface area contributed by atoms with E-state index in [9.17, 15) is 4.79 Å². The number of ether oxygens (including phenoxy) is 1. The minimum absolute atomic E-state index is 0.132. The van der Waals surface area contributed by atoms with Crippen LogP contribution in [0.3, 0.4) is 0 Å². The predicted octanol–water partition coefficient (Wildman–Crippen LogP) is 4.00. The van der Waals surface area contributed by atoms with E-state index in [2.05, 4.69) is 26.0 Å². The van der Waals surface area contributed by atoms with Crippen LogP contribution in [0.25, 0.3) is 5.69 Å². The summed E-state index contributed by atoms with van der Waals surface area (Å²) >= 11 is 3.39. The van der Waals surface area contributed by atoms with Gasteiger partial charge in [-0.2, -0.15) is 0 Å². The zero-order valence-corrected chi connectivity index (χ0v) is 14.9. The van der Waals surface area contributed by atoms with E-state index in [0.717, 1.165) is 27.3 Å². The Labute approximate surface area is 147 Å².